The van der Waals surface area contributed by atoms with Crippen LogP contribution in [0.5, 0.6) is 0 Å². The average Bonchev–Trinajstić information content (AvgIpc) is 2.46. The summed E-state index contributed by atoms with van der Waals surface area (Å²) in [5.41, 5.74) is 3.10. The minimum absolute atomic E-state index is 0.156. The van der Waals surface area contributed by atoms with Gasteiger partial charge in [-0.2, -0.15) is 0 Å². The van der Waals surface area contributed by atoms with Crippen molar-refractivity contribution in [2.24, 2.45) is 0 Å². The summed E-state index contributed by atoms with van der Waals surface area (Å²) in [5.74, 6) is 0.156. The molecule has 2 aromatic carbocycles. The molecule has 0 radical (unpaired) electrons. The molecule has 2 aromatic rings. The predicted octanol–water partition coefficient (Wildman–Crippen LogP) is 4.31. The van der Waals surface area contributed by atoms with E-state index in [1.165, 1.54) is 5.56 Å². The second-order valence-corrected chi connectivity index (χ2v) is 6.03. The van der Waals surface area contributed by atoms with E-state index in [0.717, 1.165) is 21.4 Å². The Balaban J connectivity index is 2.11. The van der Waals surface area contributed by atoms with Crippen LogP contribution >= 0.6 is 22.6 Å². The van der Waals surface area contributed by atoms with Crippen LogP contribution in [-0.2, 0) is 0 Å². The van der Waals surface area contributed by atoms with Crippen LogP contribution in [0.1, 0.15) is 22.8 Å². The van der Waals surface area contributed by atoms with Crippen molar-refractivity contribution in [1.82, 2.24) is 0 Å². The van der Waals surface area contributed by atoms with Gasteiger partial charge in [0.1, 0.15) is 0 Å². The third-order valence-electron chi connectivity index (χ3n) is 3.28. The molecule has 20 heavy (non-hydrogen) atoms. The van der Waals surface area contributed by atoms with E-state index in [-0.39, 0.29) is 5.78 Å². The molecule has 0 aliphatic rings. The number of hydrogen-bond donors (Lipinski definition) is 0. The summed E-state index contributed by atoms with van der Waals surface area (Å²) in [4.78, 5) is 14.4. The van der Waals surface area contributed by atoms with Crippen molar-refractivity contribution in [3.63, 3.8) is 0 Å². The van der Waals surface area contributed by atoms with Crippen LogP contribution in [0.2, 0.25) is 0 Å². The molecule has 0 unspecified atom stereocenters. The van der Waals surface area contributed by atoms with Gasteiger partial charge in [0.25, 0.3) is 0 Å². The summed E-state index contributed by atoms with van der Waals surface area (Å²) in [6.45, 7) is 5.37. The van der Waals surface area contributed by atoms with Crippen molar-refractivity contribution >= 4 is 34.1 Å². The number of anilines is 1. The van der Waals surface area contributed by atoms with Crippen LogP contribution in [0.25, 0.3) is 0 Å². The first-order valence-electron chi connectivity index (χ1n) is 6.70. The molecule has 0 amide bonds. The minimum atomic E-state index is 0.156. The molecule has 3 heteroatoms. The Hall–Kier alpha value is -1.36. The number of carbonyl (C=O) groups is 1. The van der Waals surface area contributed by atoms with Gasteiger partial charge in [-0.1, -0.05) is 29.8 Å². The Morgan fingerprint density at radius 3 is 2.20 bits per heavy atom. The van der Waals surface area contributed by atoms with Gasteiger partial charge in [-0.3, -0.25) is 4.79 Å². The third-order valence-corrected chi connectivity index (χ3v) is 4.00. The van der Waals surface area contributed by atoms with Gasteiger partial charge in [-0.25, -0.2) is 0 Å². The van der Waals surface area contributed by atoms with E-state index < -0.39 is 0 Å². The zero-order valence-corrected chi connectivity index (χ0v) is 13.9. The number of aryl methyl sites for hydroxylation is 1. The van der Waals surface area contributed by atoms with Crippen LogP contribution in [0.3, 0.4) is 0 Å². The standard InChI is InChI=1S/C17H18INO/c1-3-19(16-10-4-13(2)5-11-16)12-17(20)14-6-8-15(18)9-7-14/h4-11H,3,12H2,1-2H3. The van der Waals surface area contributed by atoms with Crippen LogP contribution < -0.4 is 4.90 Å². The van der Waals surface area contributed by atoms with E-state index in [2.05, 4.69) is 65.6 Å². The normalized spacial score (nSPS) is 10.3. The molecule has 2 rings (SSSR count). The number of carbonyl (C=O) groups excluding carboxylic acids is 1. The Kier molecular flexibility index (Phi) is 5.17. The van der Waals surface area contributed by atoms with Gasteiger partial charge >= 0.3 is 0 Å². The molecular weight excluding hydrogens is 361 g/mol. The van der Waals surface area contributed by atoms with Crippen molar-refractivity contribution in [1.29, 1.82) is 0 Å². The van der Waals surface area contributed by atoms with Crippen molar-refractivity contribution < 1.29 is 4.79 Å². The Morgan fingerprint density at radius 2 is 1.65 bits per heavy atom. The lowest BCUT2D eigenvalue weighted by Crippen LogP contribution is -2.29. The SMILES string of the molecule is CCN(CC(=O)c1ccc(I)cc1)c1ccc(C)cc1. The first-order chi connectivity index (χ1) is 9.60. The van der Waals surface area contributed by atoms with Crippen molar-refractivity contribution in [2.45, 2.75) is 13.8 Å². The van der Waals surface area contributed by atoms with Crippen LogP contribution in [0, 0.1) is 10.5 Å². The summed E-state index contributed by atoms with van der Waals surface area (Å²) < 4.78 is 1.14. The number of ketones is 1. The number of rotatable bonds is 5. The van der Waals surface area contributed by atoms with Gasteiger partial charge < -0.3 is 4.90 Å². The summed E-state index contributed by atoms with van der Waals surface area (Å²) in [6, 6.07) is 16.0. The molecule has 104 valence electrons. The fourth-order valence-electron chi connectivity index (χ4n) is 2.04. The van der Waals surface area contributed by atoms with Crippen molar-refractivity contribution in [3.05, 3.63) is 63.2 Å². The maximum atomic E-state index is 12.3. The smallest absolute Gasteiger partial charge is 0.182 e. The van der Waals surface area contributed by atoms with E-state index in [9.17, 15) is 4.79 Å². The van der Waals surface area contributed by atoms with Crippen LogP contribution in [0.4, 0.5) is 5.69 Å². The number of benzene rings is 2. The molecule has 0 aliphatic carbocycles. The van der Waals surface area contributed by atoms with Gasteiger partial charge in [0.05, 0.1) is 6.54 Å². The molecule has 0 saturated carbocycles. The lowest BCUT2D eigenvalue weighted by Gasteiger charge is -2.22. The van der Waals surface area contributed by atoms with E-state index in [0.29, 0.717) is 6.54 Å². The second-order valence-electron chi connectivity index (χ2n) is 4.78. The molecular formula is C17H18INO. The molecule has 0 aliphatic heterocycles. The first kappa shape index (κ1) is 15.0. The molecule has 0 bridgehead atoms. The van der Waals surface area contributed by atoms with E-state index in [1.54, 1.807) is 0 Å². The number of hydrogen-bond acceptors (Lipinski definition) is 2. The number of likely N-dealkylation sites (N-methyl/N-ethyl adjacent to an activating group) is 1. The molecule has 0 heterocycles. The van der Waals surface area contributed by atoms with Crippen LogP contribution in [-0.4, -0.2) is 18.9 Å². The highest BCUT2D eigenvalue weighted by molar-refractivity contribution is 14.1. The topological polar surface area (TPSA) is 20.3 Å². The van der Waals surface area contributed by atoms with Gasteiger partial charge in [0.15, 0.2) is 5.78 Å². The zero-order valence-electron chi connectivity index (χ0n) is 11.8. The zero-order chi connectivity index (χ0) is 14.5. The number of Topliss-reactive ketones (excluding diaryl/α,β-unsaturated/α-hetero) is 1. The number of nitrogens with zero attached hydrogens (tertiary/aromatic N) is 1. The number of halogens is 1. The lowest BCUT2D eigenvalue weighted by molar-refractivity contribution is 0.0999. The quantitative estimate of drug-likeness (QED) is 0.570. The van der Waals surface area contributed by atoms with Crippen molar-refractivity contribution in [3.8, 4) is 0 Å². The third kappa shape index (κ3) is 3.82. The molecule has 0 saturated heterocycles. The predicted molar refractivity (Wildman–Crippen MR) is 92.6 cm³/mol. The Bertz CT molecular complexity index is 575. The highest BCUT2D eigenvalue weighted by Gasteiger charge is 2.11. The van der Waals surface area contributed by atoms with Gasteiger partial charge in [0.2, 0.25) is 0 Å². The molecule has 0 aromatic heterocycles. The maximum Gasteiger partial charge on any atom is 0.182 e. The van der Waals surface area contributed by atoms with Gasteiger partial charge in [-0.05, 0) is 60.7 Å². The molecule has 2 nitrogen and oxygen atoms in total. The minimum Gasteiger partial charge on any atom is -0.364 e. The van der Waals surface area contributed by atoms with Gasteiger partial charge in [0, 0.05) is 21.4 Å². The largest absolute Gasteiger partial charge is 0.364 e. The maximum absolute atomic E-state index is 12.3. The van der Waals surface area contributed by atoms with Crippen LogP contribution in [0.15, 0.2) is 48.5 Å². The fourth-order valence-corrected chi connectivity index (χ4v) is 2.40. The Morgan fingerprint density at radius 1 is 1.05 bits per heavy atom. The summed E-state index contributed by atoms with van der Waals surface area (Å²) >= 11 is 2.24. The second kappa shape index (κ2) is 6.88. The Labute approximate surface area is 133 Å². The highest BCUT2D eigenvalue weighted by atomic mass is 127. The van der Waals surface area contributed by atoms with E-state index in [1.807, 2.05) is 24.3 Å². The average molecular weight is 379 g/mol. The molecule has 0 atom stereocenters. The lowest BCUT2D eigenvalue weighted by atomic mass is 10.1. The van der Waals surface area contributed by atoms with E-state index in [4.69, 9.17) is 0 Å². The monoisotopic (exact) mass is 379 g/mol. The fraction of sp³-hybridized carbons (Fsp3) is 0.235. The highest BCUT2D eigenvalue weighted by Crippen LogP contribution is 2.16. The summed E-state index contributed by atoms with van der Waals surface area (Å²) in [5, 5.41) is 0. The molecule has 0 fully saturated rings. The summed E-state index contributed by atoms with van der Waals surface area (Å²) in [6.07, 6.45) is 0. The van der Waals surface area contributed by atoms with Gasteiger partial charge in [-0.15, -0.1) is 0 Å². The van der Waals surface area contributed by atoms with E-state index >= 15 is 0 Å². The first-order valence-corrected chi connectivity index (χ1v) is 7.78. The van der Waals surface area contributed by atoms with Crippen molar-refractivity contribution in [2.75, 3.05) is 18.0 Å². The summed E-state index contributed by atoms with van der Waals surface area (Å²) in [7, 11) is 0. The molecule has 0 spiro atoms. The molecule has 0 N–H and O–H groups in total.